The Balaban J connectivity index is 1.96. The highest BCUT2D eigenvalue weighted by Crippen LogP contribution is 2.23. The molecule has 1 saturated heterocycles. The Bertz CT molecular complexity index is 617. The first-order chi connectivity index (χ1) is 10.3. The number of benzene rings is 1. The standard InChI is InChI=1S/C15H22N2O4S/c1-11-4-3-5-12(2)17(11)15(18)10-21-13-6-8-14(9-7-13)22(16,19)20/h6-9,11-12H,3-5,10H2,1-2H3,(H2,16,19,20). The molecule has 2 N–H and O–H groups in total. The molecule has 1 fully saturated rings. The fourth-order valence-corrected chi connectivity index (χ4v) is 3.37. The quantitative estimate of drug-likeness (QED) is 0.908. The molecule has 122 valence electrons. The van der Waals surface area contributed by atoms with Crippen molar-refractivity contribution in [3.8, 4) is 5.75 Å². The minimum atomic E-state index is -3.71. The fourth-order valence-electron chi connectivity index (χ4n) is 2.86. The van der Waals surface area contributed by atoms with Crippen molar-refractivity contribution in [3.05, 3.63) is 24.3 Å². The number of amides is 1. The topological polar surface area (TPSA) is 89.7 Å². The number of hydrogen-bond acceptors (Lipinski definition) is 4. The molecular weight excluding hydrogens is 304 g/mol. The molecule has 1 aromatic rings. The maximum absolute atomic E-state index is 12.3. The number of nitrogens with two attached hydrogens (primary N) is 1. The highest BCUT2D eigenvalue weighted by molar-refractivity contribution is 7.89. The van der Waals surface area contributed by atoms with Gasteiger partial charge in [0.25, 0.3) is 5.91 Å². The van der Waals surface area contributed by atoms with Crippen molar-refractivity contribution in [1.82, 2.24) is 4.90 Å². The van der Waals surface area contributed by atoms with E-state index in [1.54, 1.807) is 0 Å². The van der Waals surface area contributed by atoms with Gasteiger partial charge in [0, 0.05) is 12.1 Å². The van der Waals surface area contributed by atoms with Crippen LogP contribution in [0, 0.1) is 0 Å². The second-order valence-corrected chi connectivity index (χ2v) is 7.30. The SMILES string of the molecule is CC1CCCC(C)N1C(=O)COc1ccc(S(N)(=O)=O)cc1. The first-order valence-electron chi connectivity index (χ1n) is 7.36. The number of ether oxygens (including phenoxy) is 1. The lowest BCUT2D eigenvalue weighted by Crippen LogP contribution is -2.49. The molecule has 7 heteroatoms. The van der Waals surface area contributed by atoms with E-state index in [1.807, 2.05) is 4.90 Å². The van der Waals surface area contributed by atoms with E-state index in [2.05, 4.69) is 13.8 Å². The average molecular weight is 326 g/mol. The van der Waals surface area contributed by atoms with Gasteiger partial charge in [-0.3, -0.25) is 4.79 Å². The van der Waals surface area contributed by atoms with Gasteiger partial charge in [0.05, 0.1) is 4.90 Å². The molecule has 2 atom stereocenters. The molecule has 0 saturated carbocycles. The van der Waals surface area contributed by atoms with E-state index in [-0.39, 0.29) is 29.5 Å². The van der Waals surface area contributed by atoms with Gasteiger partial charge in [-0.1, -0.05) is 0 Å². The second-order valence-electron chi connectivity index (χ2n) is 5.74. The van der Waals surface area contributed by atoms with Crippen LogP contribution in [0.15, 0.2) is 29.2 Å². The summed E-state index contributed by atoms with van der Waals surface area (Å²) in [6.45, 7) is 4.05. The zero-order valence-corrected chi connectivity index (χ0v) is 13.7. The smallest absolute Gasteiger partial charge is 0.260 e. The Morgan fingerprint density at radius 2 is 1.77 bits per heavy atom. The van der Waals surface area contributed by atoms with Gasteiger partial charge < -0.3 is 9.64 Å². The van der Waals surface area contributed by atoms with Crippen LogP contribution in [0.4, 0.5) is 0 Å². The monoisotopic (exact) mass is 326 g/mol. The third-order valence-corrected chi connectivity index (χ3v) is 4.93. The van der Waals surface area contributed by atoms with Crippen LogP contribution < -0.4 is 9.88 Å². The van der Waals surface area contributed by atoms with Crippen LogP contribution in [-0.2, 0) is 14.8 Å². The number of likely N-dealkylation sites (tertiary alicyclic amines) is 1. The average Bonchev–Trinajstić information content (AvgIpc) is 2.44. The predicted octanol–water partition coefficient (Wildman–Crippen LogP) is 1.50. The number of piperidine rings is 1. The van der Waals surface area contributed by atoms with Crippen LogP contribution in [-0.4, -0.2) is 37.9 Å². The van der Waals surface area contributed by atoms with Gasteiger partial charge in [-0.15, -0.1) is 0 Å². The first-order valence-corrected chi connectivity index (χ1v) is 8.90. The lowest BCUT2D eigenvalue weighted by atomic mass is 9.97. The lowest BCUT2D eigenvalue weighted by Gasteiger charge is -2.38. The van der Waals surface area contributed by atoms with Crippen LogP contribution in [0.5, 0.6) is 5.75 Å². The van der Waals surface area contributed by atoms with E-state index >= 15 is 0 Å². The Labute approximate surface area is 131 Å². The van der Waals surface area contributed by atoms with Crippen molar-refractivity contribution in [1.29, 1.82) is 0 Å². The van der Waals surface area contributed by atoms with Gasteiger partial charge in [-0.05, 0) is 57.4 Å². The normalized spacial score (nSPS) is 22.4. The molecule has 22 heavy (non-hydrogen) atoms. The number of hydrogen-bond donors (Lipinski definition) is 1. The fraction of sp³-hybridized carbons (Fsp3) is 0.533. The van der Waals surface area contributed by atoms with Crippen molar-refractivity contribution < 1.29 is 17.9 Å². The molecule has 0 aromatic heterocycles. The summed E-state index contributed by atoms with van der Waals surface area (Å²) in [6.07, 6.45) is 3.17. The van der Waals surface area contributed by atoms with E-state index < -0.39 is 10.0 Å². The molecule has 1 amide bonds. The molecule has 0 radical (unpaired) electrons. The van der Waals surface area contributed by atoms with Crippen molar-refractivity contribution in [2.24, 2.45) is 5.14 Å². The molecule has 2 unspecified atom stereocenters. The molecule has 6 nitrogen and oxygen atoms in total. The van der Waals surface area contributed by atoms with Gasteiger partial charge in [0.1, 0.15) is 5.75 Å². The Morgan fingerprint density at radius 1 is 1.23 bits per heavy atom. The summed E-state index contributed by atoms with van der Waals surface area (Å²) in [6, 6.07) is 6.17. The minimum absolute atomic E-state index is 0.0180. The highest BCUT2D eigenvalue weighted by Gasteiger charge is 2.28. The van der Waals surface area contributed by atoms with Crippen LogP contribution in [0.2, 0.25) is 0 Å². The first kappa shape index (κ1) is 16.8. The van der Waals surface area contributed by atoms with Crippen molar-refractivity contribution in [2.75, 3.05) is 6.61 Å². The summed E-state index contributed by atoms with van der Waals surface area (Å²) in [4.78, 5) is 14.2. The zero-order chi connectivity index (χ0) is 16.3. The number of primary sulfonamides is 1. The lowest BCUT2D eigenvalue weighted by molar-refractivity contribution is -0.139. The second kappa shape index (κ2) is 6.66. The molecule has 1 aliphatic heterocycles. The highest BCUT2D eigenvalue weighted by atomic mass is 32.2. The number of carbonyl (C=O) groups excluding carboxylic acids is 1. The van der Waals surface area contributed by atoms with Gasteiger partial charge in [0.15, 0.2) is 6.61 Å². The third kappa shape index (κ3) is 3.98. The number of nitrogens with zero attached hydrogens (tertiary/aromatic N) is 1. The summed E-state index contributed by atoms with van der Waals surface area (Å²) >= 11 is 0. The van der Waals surface area contributed by atoms with Crippen LogP contribution in [0.3, 0.4) is 0 Å². The summed E-state index contributed by atoms with van der Waals surface area (Å²) in [5.41, 5.74) is 0. The zero-order valence-electron chi connectivity index (χ0n) is 12.9. The number of carbonyl (C=O) groups is 1. The van der Waals surface area contributed by atoms with Crippen molar-refractivity contribution >= 4 is 15.9 Å². The Kier molecular flexibility index (Phi) is 5.08. The Morgan fingerprint density at radius 3 is 2.27 bits per heavy atom. The van der Waals surface area contributed by atoms with Crippen LogP contribution >= 0.6 is 0 Å². The summed E-state index contributed by atoms with van der Waals surface area (Å²) < 4.78 is 27.8. The largest absolute Gasteiger partial charge is 0.484 e. The number of rotatable bonds is 4. The molecule has 2 rings (SSSR count). The molecule has 1 heterocycles. The predicted molar refractivity (Wildman–Crippen MR) is 82.9 cm³/mol. The summed E-state index contributed by atoms with van der Waals surface area (Å²) in [5, 5.41) is 5.03. The molecule has 1 aromatic carbocycles. The van der Waals surface area contributed by atoms with Crippen molar-refractivity contribution in [3.63, 3.8) is 0 Å². The van der Waals surface area contributed by atoms with E-state index in [4.69, 9.17) is 9.88 Å². The maximum Gasteiger partial charge on any atom is 0.260 e. The van der Waals surface area contributed by atoms with E-state index in [0.717, 1.165) is 19.3 Å². The molecule has 0 bridgehead atoms. The van der Waals surface area contributed by atoms with Crippen LogP contribution in [0.1, 0.15) is 33.1 Å². The molecule has 1 aliphatic rings. The molecule has 0 spiro atoms. The van der Waals surface area contributed by atoms with E-state index in [1.165, 1.54) is 24.3 Å². The summed E-state index contributed by atoms with van der Waals surface area (Å²) in [5.74, 6) is 0.397. The maximum atomic E-state index is 12.3. The van der Waals surface area contributed by atoms with Gasteiger partial charge in [-0.25, -0.2) is 13.6 Å². The van der Waals surface area contributed by atoms with Gasteiger partial charge in [0.2, 0.25) is 10.0 Å². The van der Waals surface area contributed by atoms with E-state index in [9.17, 15) is 13.2 Å². The van der Waals surface area contributed by atoms with E-state index in [0.29, 0.717) is 5.75 Å². The van der Waals surface area contributed by atoms with Gasteiger partial charge in [-0.2, -0.15) is 0 Å². The van der Waals surface area contributed by atoms with Crippen molar-refractivity contribution in [2.45, 2.75) is 50.1 Å². The molecular formula is C15H22N2O4S. The van der Waals surface area contributed by atoms with Crippen LogP contribution in [0.25, 0.3) is 0 Å². The minimum Gasteiger partial charge on any atom is -0.484 e. The summed E-state index contributed by atoms with van der Waals surface area (Å²) in [7, 11) is -3.71. The third-order valence-electron chi connectivity index (χ3n) is 4.00. The molecule has 0 aliphatic carbocycles. The number of sulfonamides is 1. The Hall–Kier alpha value is -1.60. The van der Waals surface area contributed by atoms with Gasteiger partial charge >= 0.3 is 0 Å².